The molecule has 0 radical (unpaired) electrons. The number of carbonyl (C=O) groups is 2. The first-order chi connectivity index (χ1) is 13.6. The molecule has 0 saturated carbocycles. The summed E-state index contributed by atoms with van der Waals surface area (Å²) in [6.45, 7) is 6.11. The lowest BCUT2D eigenvalue weighted by Gasteiger charge is -2.32. The fourth-order valence-electron chi connectivity index (χ4n) is 4.04. The summed E-state index contributed by atoms with van der Waals surface area (Å²) in [6.07, 6.45) is 6.32. The van der Waals surface area contributed by atoms with Crippen molar-refractivity contribution < 1.29 is 14.3 Å². The van der Waals surface area contributed by atoms with E-state index >= 15 is 0 Å². The Morgan fingerprint density at radius 3 is 2.54 bits per heavy atom. The summed E-state index contributed by atoms with van der Waals surface area (Å²) in [6, 6.07) is 8.07. The van der Waals surface area contributed by atoms with Crippen molar-refractivity contribution >= 4 is 17.5 Å². The van der Waals surface area contributed by atoms with Gasteiger partial charge in [0, 0.05) is 38.7 Å². The summed E-state index contributed by atoms with van der Waals surface area (Å²) in [7, 11) is 0. The average molecular weight is 388 g/mol. The number of hydrogen-bond donors (Lipinski definition) is 2. The molecule has 0 aromatic heterocycles. The maximum atomic E-state index is 12.0. The molecule has 1 atom stereocenters. The maximum Gasteiger partial charge on any atom is 0.221 e. The number of carbonyl (C=O) groups excluding carboxylic acids is 2. The summed E-state index contributed by atoms with van der Waals surface area (Å²) in [5.41, 5.74) is 2.11. The summed E-state index contributed by atoms with van der Waals surface area (Å²) in [5.74, 6) is 0.763. The zero-order chi connectivity index (χ0) is 19.8. The lowest BCUT2D eigenvalue weighted by molar-refractivity contribution is -0.122. The van der Waals surface area contributed by atoms with E-state index in [0.29, 0.717) is 18.9 Å². The van der Waals surface area contributed by atoms with Crippen LogP contribution in [0, 0.1) is 5.92 Å². The lowest BCUT2D eigenvalue weighted by atomic mass is 9.92. The van der Waals surface area contributed by atoms with E-state index in [-0.39, 0.29) is 17.9 Å². The van der Waals surface area contributed by atoms with Crippen LogP contribution in [-0.2, 0) is 20.9 Å². The van der Waals surface area contributed by atoms with Crippen molar-refractivity contribution in [2.75, 3.05) is 31.6 Å². The van der Waals surface area contributed by atoms with Crippen LogP contribution in [0.2, 0.25) is 0 Å². The Balaban J connectivity index is 1.30. The van der Waals surface area contributed by atoms with Gasteiger partial charge < -0.3 is 15.4 Å². The van der Waals surface area contributed by atoms with Gasteiger partial charge >= 0.3 is 0 Å². The molecule has 2 saturated heterocycles. The first-order valence-electron chi connectivity index (χ1n) is 10.6. The van der Waals surface area contributed by atoms with Crippen LogP contribution in [0.1, 0.15) is 51.0 Å². The number of nitrogens with one attached hydrogen (secondary N) is 2. The molecule has 28 heavy (non-hydrogen) atoms. The highest BCUT2D eigenvalue weighted by Gasteiger charge is 2.21. The lowest BCUT2D eigenvalue weighted by Crippen LogP contribution is -2.34. The van der Waals surface area contributed by atoms with Gasteiger partial charge in [0.25, 0.3) is 0 Å². The third kappa shape index (κ3) is 6.91. The number of benzene rings is 1. The summed E-state index contributed by atoms with van der Waals surface area (Å²) < 4.78 is 5.54. The van der Waals surface area contributed by atoms with Gasteiger partial charge in [0.1, 0.15) is 0 Å². The molecular weight excluding hydrogens is 354 g/mol. The van der Waals surface area contributed by atoms with Crippen molar-refractivity contribution in [3.63, 3.8) is 0 Å². The van der Waals surface area contributed by atoms with Crippen LogP contribution in [0.25, 0.3) is 0 Å². The Hall–Kier alpha value is -1.92. The zero-order valence-electron chi connectivity index (χ0n) is 16.9. The molecule has 0 aliphatic carbocycles. The number of hydrogen-bond acceptors (Lipinski definition) is 4. The molecule has 3 rings (SSSR count). The standard InChI is InChI=1S/C22H33N3O3/c1-17(26)24-20-7-4-19(5-8-20)16-25-12-10-18(11-13-25)6-9-22(27)23-15-21-3-2-14-28-21/h4-5,7-8,18,21H,2-3,6,9-16H2,1H3,(H,23,27)(H,24,26). The van der Waals surface area contributed by atoms with Crippen molar-refractivity contribution in [3.05, 3.63) is 29.8 Å². The quantitative estimate of drug-likeness (QED) is 0.720. The number of likely N-dealkylation sites (tertiary alicyclic amines) is 1. The molecule has 0 bridgehead atoms. The van der Waals surface area contributed by atoms with Gasteiger partial charge in [0.05, 0.1) is 6.10 Å². The molecular formula is C22H33N3O3. The van der Waals surface area contributed by atoms with Crippen LogP contribution >= 0.6 is 0 Å². The van der Waals surface area contributed by atoms with Gasteiger partial charge in [-0.2, -0.15) is 0 Å². The highest BCUT2D eigenvalue weighted by Crippen LogP contribution is 2.23. The summed E-state index contributed by atoms with van der Waals surface area (Å²) in [4.78, 5) is 25.6. The normalized spacial score (nSPS) is 20.8. The fourth-order valence-corrected chi connectivity index (χ4v) is 4.04. The SMILES string of the molecule is CC(=O)Nc1ccc(CN2CCC(CCC(=O)NCC3CCCO3)CC2)cc1. The van der Waals surface area contributed by atoms with E-state index < -0.39 is 0 Å². The van der Waals surface area contributed by atoms with Crippen molar-refractivity contribution in [1.29, 1.82) is 0 Å². The van der Waals surface area contributed by atoms with Crippen LogP contribution < -0.4 is 10.6 Å². The average Bonchev–Trinajstić information content (AvgIpc) is 3.21. The molecule has 1 unspecified atom stereocenters. The van der Waals surface area contributed by atoms with E-state index in [1.807, 2.05) is 12.1 Å². The fraction of sp³-hybridized carbons (Fsp3) is 0.636. The van der Waals surface area contributed by atoms with E-state index in [2.05, 4.69) is 27.7 Å². The third-order valence-corrected chi connectivity index (χ3v) is 5.72. The Kier molecular flexibility index (Phi) is 7.86. The number of piperidine rings is 1. The highest BCUT2D eigenvalue weighted by molar-refractivity contribution is 5.88. The van der Waals surface area contributed by atoms with E-state index in [1.165, 1.54) is 12.5 Å². The van der Waals surface area contributed by atoms with Crippen LogP contribution in [0.3, 0.4) is 0 Å². The van der Waals surface area contributed by atoms with E-state index in [0.717, 1.165) is 64.0 Å². The second kappa shape index (κ2) is 10.6. The second-order valence-corrected chi connectivity index (χ2v) is 8.08. The minimum Gasteiger partial charge on any atom is -0.376 e. The maximum absolute atomic E-state index is 12.0. The largest absolute Gasteiger partial charge is 0.376 e. The number of amides is 2. The minimum atomic E-state index is -0.0460. The zero-order valence-corrected chi connectivity index (χ0v) is 16.9. The Morgan fingerprint density at radius 2 is 1.89 bits per heavy atom. The number of rotatable bonds is 8. The smallest absolute Gasteiger partial charge is 0.221 e. The molecule has 154 valence electrons. The Labute approximate surface area is 168 Å². The van der Waals surface area contributed by atoms with Gasteiger partial charge in [-0.3, -0.25) is 14.5 Å². The number of nitrogens with zero attached hydrogens (tertiary/aromatic N) is 1. The minimum absolute atomic E-state index is 0.0460. The van der Waals surface area contributed by atoms with Crippen LogP contribution in [0.4, 0.5) is 5.69 Å². The molecule has 6 heteroatoms. The van der Waals surface area contributed by atoms with Crippen molar-refractivity contribution in [2.45, 2.75) is 58.1 Å². The molecule has 2 heterocycles. The molecule has 2 aliphatic rings. The molecule has 2 fully saturated rings. The highest BCUT2D eigenvalue weighted by atomic mass is 16.5. The van der Waals surface area contributed by atoms with Crippen molar-refractivity contribution in [2.24, 2.45) is 5.92 Å². The second-order valence-electron chi connectivity index (χ2n) is 8.08. The van der Waals surface area contributed by atoms with Gasteiger partial charge in [-0.25, -0.2) is 0 Å². The predicted molar refractivity (Wildman–Crippen MR) is 110 cm³/mol. The first-order valence-corrected chi connectivity index (χ1v) is 10.6. The van der Waals surface area contributed by atoms with Crippen LogP contribution in [0.15, 0.2) is 24.3 Å². The Morgan fingerprint density at radius 1 is 1.14 bits per heavy atom. The van der Waals surface area contributed by atoms with Crippen molar-refractivity contribution in [1.82, 2.24) is 10.2 Å². The summed E-state index contributed by atoms with van der Waals surface area (Å²) >= 11 is 0. The van der Waals surface area contributed by atoms with Gasteiger partial charge in [-0.05, 0) is 68.8 Å². The number of anilines is 1. The summed E-state index contributed by atoms with van der Waals surface area (Å²) in [5, 5.41) is 5.82. The molecule has 2 amide bonds. The number of ether oxygens (including phenoxy) is 1. The van der Waals surface area contributed by atoms with E-state index in [9.17, 15) is 9.59 Å². The molecule has 2 N–H and O–H groups in total. The first kappa shape index (κ1) is 20.8. The monoisotopic (exact) mass is 387 g/mol. The molecule has 1 aromatic carbocycles. The Bertz CT molecular complexity index is 633. The molecule has 6 nitrogen and oxygen atoms in total. The molecule has 2 aliphatic heterocycles. The predicted octanol–water partition coefficient (Wildman–Crippen LogP) is 2.93. The van der Waals surface area contributed by atoms with Gasteiger partial charge in [-0.15, -0.1) is 0 Å². The topological polar surface area (TPSA) is 70.7 Å². The molecule has 1 aromatic rings. The van der Waals surface area contributed by atoms with Crippen LogP contribution in [-0.4, -0.2) is 49.1 Å². The van der Waals surface area contributed by atoms with Gasteiger partial charge in [-0.1, -0.05) is 12.1 Å². The van der Waals surface area contributed by atoms with Crippen molar-refractivity contribution in [3.8, 4) is 0 Å². The molecule has 0 spiro atoms. The van der Waals surface area contributed by atoms with Gasteiger partial charge in [0.2, 0.25) is 11.8 Å². The van der Waals surface area contributed by atoms with E-state index in [4.69, 9.17) is 4.74 Å². The van der Waals surface area contributed by atoms with Crippen LogP contribution in [0.5, 0.6) is 0 Å². The van der Waals surface area contributed by atoms with E-state index in [1.54, 1.807) is 0 Å². The van der Waals surface area contributed by atoms with Gasteiger partial charge in [0.15, 0.2) is 0 Å². The third-order valence-electron chi connectivity index (χ3n) is 5.72.